The van der Waals surface area contributed by atoms with E-state index in [-0.39, 0.29) is 54.5 Å². The maximum absolute atomic E-state index is 15.0. The number of hydrogen-bond donors (Lipinski definition) is 1. The lowest BCUT2D eigenvalue weighted by molar-refractivity contribution is -0.142. The summed E-state index contributed by atoms with van der Waals surface area (Å²) in [6.07, 6.45) is 4.57. The molecule has 1 spiro atoms. The van der Waals surface area contributed by atoms with Crippen molar-refractivity contribution in [2.24, 2.45) is 23.7 Å². The molecule has 0 saturated carbocycles. The van der Waals surface area contributed by atoms with Gasteiger partial charge in [0.1, 0.15) is 11.8 Å². The van der Waals surface area contributed by atoms with Crippen LogP contribution in [0, 0.1) is 23.7 Å². The highest BCUT2D eigenvalue weighted by Gasteiger charge is 2.77. The molecule has 3 aliphatic heterocycles. The van der Waals surface area contributed by atoms with Crippen molar-refractivity contribution in [2.45, 2.75) is 62.6 Å². The molecule has 10 heteroatoms. The molecule has 2 aromatic rings. The Bertz CT molecular complexity index is 1480. The minimum absolute atomic E-state index is 0.0260. The zero-order valence-electron chi connectivity index (χ0n) is 27.7. The summed E-state index contributed by atoms with van der Waals surface area (Å²) in [4.78, 5) is 49.6. The number of rotatable bonds is 14. The SMILES string of the molecule is C=CCN(C(=O)C1N([C@@H](CO)CC(C)C)C(=O)[C@@H]2[C@@H](C(=O)N(CC=C)c3ccc(OCC)cc3)[C@H]3CC(C)C12S3)c1ccc(Cl)cc1. The molecule has 0 radical (unpaired) electrons. The Balaban J connectivity index is 1.61. The molecule has 3 aliphatic rings. The van der Waals surface area contributed by atoms with Gasteiger partial charge in [-0.15, -0.1) is 24.9 Å². The second kappa shape index (κ2) is 14.5. The van der Waals surface area contributed by atoms with Gasteiger partial charge >= 0.3 is 0 Å². The molecule has 252 valence electrons. The number of thioether (sulfide) groups is 1. The van der Waals surface area contributed by atoms with Crippen LogP contribution >= 0.6 is 23.4 Å². The van der Waals surface area contributed by atoms with E-state index in [1.165, 1.54) is 0 Å². The Kier molecular flexibility index (Phi) is 10.8. The molecule has 3 unspecified atom stereocenters. The summed E-state index contributed by atoms with van der Waals surface area (Å²) in [5, 5.41) is 11.1. The van der Waals surface area contributed by atoms with E-state index in [2.05, 4.69) is 20.1 Å². The minimum atomic E-state index is -0.882. The lowest BCUT2D eigenvalue weighted by Crippen LogP contribution is -2.59. The molecule has 3 amide bonds. The first-order valence-corrected chi connectivity index (χ1v) is 17.7. The van der Waals surface area contributed by atoms with Gasteiger partial charge in [0.05, 0.1) is 35.8 Å². The lowest BCUT2D eigenvalue weighted by atomic mass is 9.65. The fourth-order valence-electron chi connectivity index (χ4n) is 7.98. The van der Waals surface area contributed by atoms with E-state index in [0.29, 0.717) is 41.6 Å². The van der Waals surface area contributed by atoms with Crippen LogP contribution in [-0.2, 0) is 14.4 Å². The topological polar surface area (TPSA) is 90.4 Å². The van der Waals surface area contributed by atoms with Gasteiger partial charge in [-0.2, -0.15) is 0 Å². The molecule has 7 atom stereocenters. The molecule has 2 aromatic carbocycles. The van der Waals surface area contributed by atoms with Crippen molar-refractivity contribution in [3.63, 3.8) is 0 Å². The van der Waals surface area contributed by atoms with Crippen molar-refractivity contribution in [1.82, 2.24) is 4.90 Å². The number of anilines is 2. The highest BCUT2D eigenvalue weighted by atomic mass is 35.5. The van der Waals surface area contributed by atoms with Gasteiger partial charge < -0.3 is 24.5 Å². The van der Waals surface area contributed by atoms with Crippen molar-refractivity contribution in [3.8, 4) is 5.75 Å². The standard InChI is InChI=1S/C37H46ClN3O5S/c1-7-18-39(27-14-16-29(17-15-27)46-9-3)34(43)31-30-21-24(6)37(47-30)32(31)35(44)41(28(22-42)20-23(4)5)33(37)36(45)40(19-8-2)26-12-10-25(38)11-13-26/h7-8,10-17,23-24,28,30-33,42H,1-2,9,18-22H2,3-6H3/t24?,28-,30-,31+,32+,33?,37?/m1/s1. The number of hydrogen-bond acceptors (Lipinski definition) is 6. The minimum Gasteiger partial charge on any atom is -0.494 e. The smallest absolute Gasteiger partial charge is 0.251 e. The van der Waals surface area contributed by atoms with Crippen LogP contribution in [0.2, 0.25) is 5.02 Å². The van der Waals surface area contributed by atoms with Crippen LogP contribution in [0.1, 0.15) is 40.5 Å². The number of halogens is 1. The Morgan fingerprint density at radius 2 is 1.64 bits per heavy atom. The fraction of sp³-hybridized carbons (Fsp3) is 0.486. The van der Waals surface area contributed by atoms with Crippen molar-refractivity contribution < 1.29 is 24.2 Å². The fourth-order valence-corrected chi connectivity index (χ4v) is 10.5. The van der Waals surface area contributed by atoms with Gasteiger partial charge in [-0.1, -0.05) is 44.5 Å². The van der Waals surface area contributed by atoms with E-state index in [9.17, 15) is 14.7 Å². The largest absolute Gasteiger partial charge is 0.494 e. The van der Waals surface area contributed by atoms with Crippen LogP contribution in [0.4, 0.5) is 11.4 Å². The first-order valence-electron chi connectivity index (χ1n) is 16.5. The summed E-state index contributed by atoms with van der Waals surface area (Å²) >= 11 is 7.82. The third-order valence-electron chi connectivity index (χ3n) is 9.80. The molecule has 3 fully saturated rings. The third kappa shape index (κ3) is 6.22. The van der Waals surface area contributed by atoms with Crippen LogP contribution in [0.25, 0.3) is 0 Å². The highest BCUT2D eigenvalue weighted by molar-refractivity contribution is 8.02. The maximum Gasteiger partial charge on any atom is 0.251 e. The zero-order chi connectivity index (χ0) is 34.0. The van der Waals surface area contributed by atoms with E-state index in [1.54, 1.807) is 62.9 Å². The number of nitrogens with zero attached hydrogens (tertiary/aromatic N) is 3. The molecule has 5 rings (SSSR count). The molecule has 0 aliphatic carbocycles. The van der Waals surface area contributed by atoms with Gasteiger partial charge in [-0.25, -0.2) is 0 Å². The lowest BCUT2D eigenvalue weighted by Gasteiger charge is -2.42. The van der Waals surface area contributed by atoms with Gasteiger partial charge in [-0.3, -0.25) is 14.4 Å². The van der Waals surface area contributed by atoms with E-state index in [0.717, 1.165) is 0 Å². The Morgan fingerprint density at radius 3 is 2.17 bits per heavy atom. The quantitative estimate of drug-likeness (QED) is 0.239. The average Bonchev–Trinajstić information content (AvgIpc) is 3.65. The number of benzene rings is 2. The van der Waals surface area contributed by atoms with Gasteiger partial charge in [0.25, 0.3) is 5.91 Å². The number of amides is 3. The second-order valence-electron chi connectivity index (χ2n) is 13.1. The van der Waals surface area contributed by atoms with Crippen LogP contribution in [0.3, 0.4) is 0 Å². The number of carbonyl (C=O) groups is 3. The first-order chi connectivity index (χ1) is 22.5. The number of aliphatic hydroxyl groups excluding tert-OH is 1. The number of aliphatic hydroxyl groups is 1. The van der Waals surface area contributed by atoms with E-state index in [1.807, 2.05) is 45.0 Å². The predicted octanol–water partition coefficient (Wildman–Crippen LogP) is 6.22. The van der Waals surface area contributed by atoms with Crippen LogP contribution in [-0.4, -0.2) is 76.1 Å². The molecular weight excluding hydrogens is 634 g/mol. The van der Waals surface area contributed by atoms with E-state index >= 15 is 4.79 Å². The number of ether oxygens (including phenoxy) is 1. The van der Waals surface area contributed by atoms with Crippen LogP contribution < -0.4 is 14.5 Å². The van der Waals surface area contributed by atoms with Gasteiger partial charge in [0.15, 0.2) is 0 Å². The zero-order valence-corrected chi connectivity index (χ0v) is 29.3. The van der Waals surface area contributed by atoms with E-state index in [4.69, 9.17) is 16.3 Å². The van der Waals surface area contributed by atoms with Crippen molar-refractivity contribution in [1.29, 1.82) is 0 Å². The predicted molar refractivity (Wildman–Crippen MR) is 190 cm³/mol. The summed E-state index contributed by atoms with van der Waals surface area (Å²) in [5.74, 6) is -1.16. The second-order valence-corrected chi connectivity index (χ2v) is 15.1. The Hall–Kier alpha value is -3.27. The molecule has 1 N–H and O–H groups in total. The van der Waals surface area contributed by atoms with Crippen molar-refractivity contribution >= 4 is 52.5 Å². The van der Waals surface area contributed by atoms with Crippen LogP contribution in [0.5, 0.6) is 5.75 Å². The van der Waals surface area contributed by atoms with Gasteiger partial charge in [0, 0.05) is 34.7 Å². The summed E-state index contributed by atoms with van der Waals surface area (Å²) in [6, 6.07) is 13.0. The maximum atomic E-state index is 15.0. The molecule has 0 aromatic heterocycles. The van der Waals surface area contributed by atoms with Gasteiger partial charge in [0.2, 0.25) is 11.8 Å². The normalized spacial score (nSPS) is 26.7. The average molecular weight is 680 g/mol. The molecule has 47 heavy (non-hydrogen) atoms. The monoisotopic (exact) mass is 679 g/mol. The number of carbonyl (C=O) groups excluding carboxylic acids is 3. The Labute approximate surface area is 287 Å². The molecule has 3 saturated heterocycles. The Morgan fingerprint density at radius 1 is 1.06 bits per heavy atom. The molecular formula is C37H46ClN3O5S. The van der Waals surface area contributed by atoms with Crippen LogP contribution in [0.15, 0.2) is 73.8 Å². The summed E-state index contributed by atoms with van der Waals surface area (Å²) in [7, 11) is 0. The summed E-state index contributed by atoms with van der Waals surface area (Å²) in [6.45, 7) is 16.7. The van der Waals surface area contributed by atoms with Crippen molar-refractivity contribution in [2.75, 3.05) is 36.1 Å². The molecule has 8 nitrogen and oxygen atoms in total. The third-order valence-corrected chi connectivity index (χ3v) is 12.1. The van der Waals surface area contributed by atoms with Gasteiger partial charge in [-0.05, 0) is 80.1 Å². The van der Waals surface area contributed by atoms with Crippen molar-refractivity contribution in [3.05, 3.63) is 78.9 Å². The molecule has 2 bridgehead atoms. The number of likely N-dealkylation sites (tertiary alicyclic amines) is 1. The number of fused-ring (bicyclic) bond motifs is 1. The highest BCUT2D eigenvalue weighted by Crippen LogP contribution is 2.69. The molecule has 3 heterocycles. The summed E-state index contributed by atoms with van der Waals surface area (Å²) < 4.78 is 4.76. The summed E-state index contributed by atoms with van der Waals surface area (Å²) in [5.41, 5.74) is 1.33. The van der Waals surface area contributed by atoms with E-state index < -0.39 is 28.7 Å². The first kappa shape index (κ1) is 35.0.